The molecule has 0 bridgehead atoms. The van der Waals surface area contributed by atoms with E-state index in [0.29, 0.717) is 0 Å². The fourth-order valence-electron chi connectivity index (χ4n) is 2.23. The average molecular weight is 310 g/mol. The van der Waals surface area contributed by atoms with Crippen LogP contribution in [-0.4, -0.2) is 33.6 Å². The summed E-state index contributed by atoms with van der Waals surface area (Å²) in [6.07, 6.45) is 5.33. The van der Waals surface area contributed by atoms with Gasteiger partial charge in [-0.25, -0.2) is 4.79 Å². The molecule has 1 aromatic heterocycles. The van der Waals surface area contributed by atoms with Gasteiger partial charge in [0.05, 0.1) is 11.9 Å². The maximum Gasteiger partial charge on any atom is 0.407 e. The Hall–Kier alpha value is -1.72. The van der Waals surface area contributed by atoms with E-state index < -0.39 is 5.60 Å². The third-order valence-corrected chi connectivity index (χ3v) is 2.97. The normalized spacial score (nSPS) is 14.3. The molecule has 2 atom stereocenters. The van der Waals surface area contributed by atoms with E-state index in [9.17, 15) is 4.79 Å². The Kier molecular flexibility index (Phi) is 6.71. The standard InChI is InChI=1S/C16H30N4O2/c1-7-8-20-11-14(10-17-20)18-12(2)9-13(3)19-15(21)22-16(4,5)6/h10-13,18H,7-9H2,1-6H3,(H,19,21)/t12-,13+/m1/s1. The highest BCUT2D eigenvalue weighted by Gasteiger charge is 2.18. The van der Waals surface area contributed by atoms with E-state index in [1.807, 2.05) is 44.8 Å². The van der Waals surface area contributed by atoms with Crippen molar-refractivity contribution in [1.29, 1.82) is 0 Å². The summed E-state index contributed by atoms with van der Waals surface area (Å²) in [7, 11) is 0. The molecule has 0 saturated heterocycles. The van der Waals surface area contributed by atoms with Gasteiger partial charge in [-0.1, -0.05) is 6.92 Å². The van der Waals surface area contributed by atoms with E-state index in [4.69, 9.17) is 4.74 Å². The van der Waals surface area contributed by atoms with Crippen LogP contribution in [0.4, 0.5) is 10.5 Å². The van der Waals surface area contributed by atoms with E-state index in [1.54, 1.807) is 0 Å². The Morgan fingerprint density at radius 1 is 1.36 bits per heavy atom. The Morgan fingerprint density at radius 3 is 2.64 bits per heavy atom. The van der Waals surface area contributed by atoms with Gasteiger partial charge in [0.15, 0.2) is 0 Å². The summed E-state index contributed by atoms with van der Waals surface area (Å²) in [6.45, 7) is 12.7. The monoisotopic (exact) mass is 310 g/mol. The second-order valence-electron chi connectivity index (χ2n) is 6.82. The van der Waals surface area contributed by atoms with Crippen molar-refractivity contribution in [1.82, 2.24) is 15.1 Å². The van der Waals surface area contributed by atoms with Gasteiger partial charge in [0.1, 0.15) is 5.60 Å². The fraction of sp³-hybridized carbons (Fsp3) is 0.750. The summed E-state index contributed by atoms with van der Waals surface area (Å²) in [5.41, 5.74) is 0.534. The van der Waals surface area contributed by atoms with Gasteiger partial charge in [-0.2, -0.15) is 5.10 Å². The van der Waals surface area contributed by atoms with Crippen LogP contribution < -0.4 is 10.6 Å². The van der Waals surface area contributed by atoms with Crippen molar-refractivity contribution in [3.05, 3.63) is 12.4 Å². The first-order valence-corrected chi connectivity index (χ1v) is 7.98. The molecule has 0 spiro atoms. The summed E-state index contributed by atoms with van der Waals surface area (Å²) in [4.78, 5) is 11.7. The average Bonchev–Trinajstić information content (AvgIpc) is 2.73. The van der Waals surface area contributed by atoms with Gasteiger partial charge >= 0.3 is 6.09 Å². The number of aromatic nitrogens is 2. The molecule has 6 nitrogen and oxygen atoms in total. The van der Waals surface area contributed by atoms with Crippen LogP contribution in [0.2, 0.25) is 0 Å². The molecule has 0 fully saturated rings. The highest BCUT2D eigenvalue weighted by molar-refractivity contribution is 5.68. The molecule has 0 saturated carbocycles. The number of alkyl carbamates (subject to hydrolysis) is 1. The minimum atomic E-state index is -0.471. The van der Waals surface area contributed by atoms with Crippen molar-refractivity contribution in [3.63, 3.8) is 0 Å². The van der Waals surface area contributed by atoms with Crippen LogP contribution in [0.1, 0.15) is 54.4 Å². The number of amides is 1. The number of carbonyl (C=O) groups excluding carboxylic acids is 1. The van der Waals surface area contributed by atoms with Crippen molar-refractivity contribution in [2.45, 2.75) is 78.6 Å². The fourth-order valence-corrected chi connectivity index (χ4v) is 2.23. The van der Waals surface area contributed by atoms with Crippen molar-refractivity contribution in [2.24, 2.45) is 0 Å². The lowest BCUT2D eigenvalue weighted by molar-refractivity contribution is 0.0506. The van der Waals surface area contributed by atoms with Crippen LogP contribution in [0, 0.1) is 0 Å². The second-order valence-corrected chi connectivity index (χ2v) is 6.82. The molecule has 0 aliphatic heterocycles. The van der Waals surface area contributed by atoms with Crippen LogP contribution in [0.5, 0.6) is 0 Å². The topological polar surface area (TPSA) is 68.2 Å². The number of nitrogens with one attached hydrogen (secondary N) is 2. The highest BCUT2D eigenvalue weighted by atomic mass is 16.6. The van der Waals surface area contributed by atoms with Crippen molar-refractivity contribution >= 4 is 11.8 Å². The Bertz CT molecular complexity index is 465. The van der Waals surface area contributed by atoms with Gasteiger partial charge in [-0.3, -0.25) is 4.68 Å². The number of carbonyl (C=O) groups is 1. The largest absolute Gasteiger partial charge is 0.444 e. The molecule has 22 heavy (non-hydrogen) atoms. The van der Waals surface area contributed by atoms with Crippen LogP contribution in [0.15, 0.2) is 12.4 Å². The Morgan fingerprint density at radius 2 is 2.05 bits per heavy atom. The molecule has 0 aliphatic rings. The predicted octanol–water partition coefficient (Wildman–Crippen LogP) is 3.40. The summed E-state index contributed by atoms with van der Waals surface area (Å²) >= 11 is 0. The van der Waals surface area contributed by atoms with E-state index in [-0.39, 0.29) is 18.2 Å². The third-order valence-electron chi connectivity index (χ3n) is 2.97. The summed E-state index contributed by atoms with van der Waals surface area (Å²) in [5, 5.41) is 10.5. The molecule has 0 unspecified atom stereocenters. The molecular formula is C16H30N4O2. The zero-order chi connectivity index (χ0) is 16.8. The molecule has 1 aromatic rings. The second kappa shape index (κ2) is 8.06. The van der Waals surface area contributed by atoms with Crippen molar-refractivity contribution < 1.29 is 9.53 Å². The van der Waals surface area contributed by atoms with Crippen LogP contribution >= 0.6 is 0 Å². The van der Waals surface area contributed by atoms with Gasteiger partial charge in [0.2, 0.25) is 0 Å². The molecule has 126 valence electrons. The number of nitrogens with zero attached hydrogens (tertiary/aromatic N) is 2. The number of hydrogen-bond donors (Lipinski definition) is 2. The first kappa shape index (κ1) is 18.3. The summed E-state index contributed by atoms with van der Waals surface area (Å²) in [5.74, 6) is 0. The molecular weight excluding hydrogens is 280 g/mol. The van der Waals surface area contributed by atoms with Crippen LogP contribution in [0.3, 0.4) is 0 Å². The SMILES string of the molecule is CCCn1cc(N[C@H](C)C[C@H](C)NC(=O)OC(C)(C)C)cn1. The minimum Gasteiger partial charge on any atom is -0.444 e. The molecule has 2 N–H and O–H groups in total. The first-order valence-electron chi connectivity index (χ1n) is 7.98. The van der Waals surface area contributed by atoms with Crippen molar-refractivity contribution in [2.75, 3.05) is 5.32 Å². The third kappa shape index (κ3) is 7.33. The Labute approximate surface area is 133 Å². The number of anilines is 1. The maximum atomic E-state index is 11.7. The van der Waals surface area contributed by atoms with E-state index in [0.717, 1.165) is 25.1 Å². The lowest BCUT2D eigenvalue weighted by Crippen LogP contribution is -2.39. The highest BCUT2D eigenvalue weighted by Crippen LogP contribution is 2.11. The minimum absolute atomic E-state index is 0.0306. The lowest BCUT2D eigenvalue weighted by Gasteiger charge is -2.23. The molecule has 0 radical (unpaired) electrons. The molecule has 1 heterocycles. The number of ether oxygens (including phenoxy) is 1. The van der Waals surface area contributed by atoms with E-state index >= 15 is 0 Å². The quantitative estimate of drug-likeness (QED) is 0.810. The maximum absolute atomic E-state index is 11.7. The van der Waals surface area contributed by atoms with Gasteiger partial charge < -0.3 is 15.4 Å². The number of hydrogen-bond acceptors (Lipinski definition) is 4. The van der Waals surface area contributed by atoms with E-state index in [1.165, 1.54) is 0 Å². The first-order chi connectivity index (χ1) is 10.2. The molecule has 0 aromatic carbocycles. The molecule has 1 rings (SSSR count). The number of aryl methyl sites for hydroxylation is 1. The molecule has 0 aliphatic carbocycles. The molecule has 1 amide bonds. The zero-order valence-corrected chi connectivity index (χ0v) is 14.6. The van der Waals surface area contributed by atoms with Crippen LogP contribution in [-0.2, 0) is 11.3 Å². The molecule has 6 heteroatoms. The predicted molar refractivity (Wildman–Crippen MR) is 89.1 cm³/mol. The summed E-state index contributed by atoms with van der Waals surface area (Å²) < 4.78 is 7.18. The van der Waals surface area contributed by atoms with Crippen LogP contribution in [0.25, 0.3) is 0 Å². The van der Waals surface area contributed by atoms with Gasteiger partial charge in [0, 0.05) is 24.8 Å². The lowest BCUT2D eigenvalue weighted by atomic mass is 10.1. The van der Waals surface area contributed by atoms with Gasteiger partial charge in [-0.15, -0.1) is 0 Å². The number of rotatable bonds is 7. The Balaban J connectivity index is 2.36. The van der Waals surface area contributed by atoms with Crippen molar-refractivity contribution in [3.8, 4) is 0 Å². The van der Waals surface area contributed by atoms with Gasteiger partial charge in [-0.05, 0) is 47.5 Å². The zero-order valence-electron chi connectivity index (χ0n) is 14.6. The smallest absolute Gasteiger partial charge is 0.407 e. The van der Waals surface area contributed by atoms with E-state index in [2.05, 4.69) is 29.6 Å². The summed E-state index contributed by atoms with van der Waals surface area (Å²) in [6, 6.07) is 0.257. The van der Waals surface area contributed by atoms with Gasteiger partial charge in [0.25, 0.3) is 0 Å².